The Labute approximate surface area is 99.0 Å². The van der Waals surface area contributed by atoms with Crippen molar-refractivity contribution in [3.8, 4) is 5.75 Å². The van der Waals surface area contributed by atoms with E-state index >= 15 is 0 Å². The molecule has 0 saturated carbocycles. The molecule has 0 radical (unpaired) electrons. The number of ether oxygens (including phenoxy) is 2. The number of phenolic OH excluding ortho intramolecular Hbond substituents is 1. The third kappa shape index (κ3) is 3.48. The van der Waals surface area contributed by atoms with Gasteiger partial charge in [0, 0.05) is 0 Å². The topological polar surface area (TPSA) is 72.8 Å². The second kappa shape index (κ2) is 5.89. The van der Waals surface area contributed by atoms with Crippen LogP contribution < -0.4 is 0 Å². The van der Waals surface area contributed by atoms with Crippen LogP contribution in [0.4, 0.5) is 0 Å². The Morgan fingerprint density at radius 1 is 1.24 bits per heavy atom. The van der Waals surface area contributed by atoms with E-state index in [4.69, 9.17) is 0 Å². The molecule has 1 rings (SSSR count). The van der Waals surface area contributed by atoms with Gasteiger partial charge in [0.15, 0.2) is 5.92 Å². The maximum Gasteiger partial charge on any atom is 0.320 e. The Morgan fingerprint density at radius 3 is 2.29 bits per heavy atom. The second-order valence-corrected chi connectivity index (χ2v) is 3.47. The molecule has 1 N–H and O–H groups in total. The summed E-state index contributed by atoms with van der Waals surface area (Å²) in [5.74, 6) is -2.23. The molecule has 17 heavy (non-hydrogen) atoms. The van der Waals surface area contributed by atoms with Crippen LogP contribution in [0.3, 0.4) is 0 Å². The monoisotopic (exact) mass is 238 g/mol. The summed E-state index contributed by atoms with van der Waals surface area (Å²) in [5, 5.41) is 9.29. The first kappa shape index (κ1) is 13.0. The van der Waals surface area contributed by atoms with Crippen molar-refractivity contribution in [3.63, 3.8) is 0 Å². The highest BCUT2D eigenvalue weighted by atomic mass is 16.5. The Morgan fingerprint density at radius 2 is 1.82 bits per heavy atom. The van der Waals surface area contributed by atoms with Crippen LogP contribution in [0, 0.1) is 5.92 Å². The molecule has 92 valence electrons. The van der Waals surface area contributed by atoms with E-state index in [2.05, 4.69) is 9.47 Å². The van der Waals surface area contributed by atoms with Crippen LogP contribution in [0.5, 0.6) is 5.75 Å². The van der Waals surface area contributed by atoms with Crippen molar-refractivity contribution in [1.29, 1.82) is 0 Å². The van der Waals surface area contributed by atoms with Crippen LogP contribution in [0.25, 0.3) is 0 Å². The fraction of sp³-hybridized carbons (Fsp3) is 0.333. The molecule has 0 heterocycles. The minimum Gasteiger partial charge on any atom is -0.508 e. The zero-order valence-corrected chi connectivity index (χ0v) is 9.67. The predicted molar refractivity (Wildman–Crippen MR) is 59.3 cm³/mol. The van der Waals surface area contributed by atoms with Gasteiger partial charge in [0.05, 0.1) is 14.2 Å². The Bertz CT molecular complexity index is 397. The molecule has 0 unspecified atom stereocenters. The molecule has 0 bridgehead atoms. The van der Waals surface area contributed by atoms with Gasteiger partial charge in [-0.3, -0.25) is 9.59 Å². The number of phenols is 1. The SMILES string of the molecule is COC(=O)C(Cc1cccc(O)c1)C(=O)OC. The first-order chi connectivity index (χ1) is 8.08. The Hall–Kier alpha value is -2.04. The number of hydrogen-bond donors (Lipinski definition) is 1. The maximum atomic E-state index is 11.4. The molecule has 0 saturated heterocycles. The van der Waals surface area contributed by atoms with E-state index in [0.29, 0.717) is 5.56 Å². The summed E-state index contributed by atoms with van der Waals surface area (Å²) >= 11 is 0. The summed E-state index contributed by atoms with van der Waals surface area (Å²) in [6.45, 7) is 0. The summed E-state index contributed by atoms with van der Waals surface area (Å²) in [6, 6.07) is 6.34. The summed E-state index contributed by atoms with van der Waals surface area (Å²) in [4.78, 5) is 22.8. The number of esters is 2. The summed E-state index contributed by atoms with van der Waals surface area (Å²) in [5.41, 5.74) is 0.658. The number of aromatic hydroxyl groups is 1. The van der Waals surface area contributed by atoms with Gasteiger partial charge in [-0.25, -0.2) is 0 Å². The van der Waals surface area contributed by atoms with Crippen LogP contribution in [-0.4, -0.2) is 31.3 Å². The van der Waals surface area contributed by atoms with Gasteiger partial charge in [0.1, 0.15) is 5.75 Å². The minimum absolute atomic E-state index is 0.0796. The van der Waals surface area contributed by atoms with Crippen molar-refractivity contribution in [2.24, 2.45) is 5.92 Å². The van der Waals surface area contributed by atoms with Crippen LogP contribution in [-0.2, 0) is 25.5 Å². The maximum absolute atomic E-state index is 11.4. The smallest absolute Gasteiger partial charge is 0.320 e. The van der Waals surface area contributed by atoms with Gasteiger partial charge in [-0.2, -0.15) is 0 Å². The summed E-state index contributed by atoms with van der Waals surface area (Å²) < 4.78 is 9.07. The molecule has 5 nitrogen and oxygen atoms in total. The molecule has 0 spiro atoms. The minimum atomic E-state index is -1.01. The first-order valence-corrected chi connectivity index (χ1v) is 5.02. The number of benzene rings is 1. The molecule has 0 atom stereocenters. The van der Waals surface area contributed by atoms with Crippen LogP contribution in [0.15, 0.2) is 24.3 Å². The Kier molecular flexibility index (Phi) is 4.51. The molecular weight excluding hydrogens is 224 g/mol. The molecule has 0 fully saturated rings. The van der Waals surface area contributed by atoms with E-state index in [-0.39, 0.29) is 12.2 Å². The zero-order chi connectivity index (χ0) is 12.8. The number of carbonyl (C=O) groups excluding carboxylic acids is 2. The fourth-order valence-corrected chi connectivity index (χ4v) is 1.47. The molecule has 0 amide bonds. The van der Waals surface area contributed by atoms with E-state index < -0.39 is 17.9 Å². The molecule has 1 aromatic rings. The van der Waals surface area contributed by atoms with Crippen molar-refractivity contribution in [3.05, 3.63) is 29.8 Å². The first-order valence-electron chi connectivity index (χ1n) is 5.02. The van der Waals surface area contributed by atoms with Crippen LogP contribution in [0.1, 0.15) is 5.56 Å². The van der Waals surface area contributed by atoms with Crippen molar-refractivity contribution >= 4 is 11.9 Å². The standard InChI is InChI=1S/C12H14O5/c1-16-11(14)10(12(15)17-2)7-8-4-3-5-9(13)6-8/h3-6,10,13H,7H2,1-2H3. The zero-order valence-electron chi connectivity index (χ0n) is 9.67. The van der Waals surface area contributed by atoms with Gasteiger partial charge < -0.3 is 14.6 Å². The van der Waals surface area contributed by atoms with E-state index in [0.717, 1.165) is 0 Å². The largest absolute Gasteiger partial charge is 0.508 e. The average molecular weight is 238 g/mol. The third-order valence-electron chi connectivity index (χ3n) is 2.32. The molecule has 0 aliphatic heterocycles. The molecule has 0 aromatic heterocycles. The van der Waals surface area contributed by atoms with Gasteiger partial charge in [0.2, 0.25) is 0 Å². The number of carbonyl (C=O) groups is 2. The van der Waals surface area contributed by atoms with Crippen LogP contribution >= 0.6 is 0 Å². The van der Waals surface area contributed by atoms with E-state index in [1.807, 2.05) is 0 Å². The molecule has 5 heteroatoms. The second-order valence-electron chi connectivity index (χ2n) is 3.47. The highest BCUT2D eigenvalue weighted by Gasteiger charge is 2.28. The quantitative estimate of drug-likeness (QED) is 0.623. The fourth-order valence-electron chi connectivity index (χ4n) is 1.47. The van der Waals surface area contributed by atoms with Crippen molar-refractivity contribution in [2.75, 3.05) is 14.2 Å². The normalized spacial score (nSPS) is 10.1. The van der Waals surface area contributed by atoms with E-state index in [1.54, 1.807) is 12.1 Å². The number of rotatable bonds is 4. The van der Waals surface area contributed by atoms with Crippen LogP contribution in [0.2, 0.25) is 0 Å². The molecular formula is C12H14O5. The van der Waals surface area contributed by atoms with E-state index in [9.17, 15) is 14.7 Å². The molecule has 1 aromatic carbocycles. The number of methoxy groups -OCH3 is 2. The predicted octanol–water partition coefficient (Wildman–Crippen LogP) is 0.897. The van der Waals surface area contributed by atoms with Gasteiger partial charge in [-0.1, -0.05) is 12.1 Å². The lowest BCUT2D eigenvalue weighted by Gasteiger charge is -2.12. The highest BCUT2D eigenvalue weighted by molar-refractivity contribution is 5.95. The third-order valence-corrected chi connectivity index (χ3v) is 2.32. The molecule has 0 aliphatic carbocycles. The lowest BCUT2D eigenvalue weighted by atomic mass is 9.99. The van der Waals surface area contributed by atoms with Crippen molar-refractivity contribution < 1.29 is 24.2 Å². The number of hydrogen-bond acceptors (Lipinski definition) is 5. The van der Waals surface area contributed by atoms with Crippen molar-refractivity contribution in [1.82, 2.24) is 0 Å². The van der Waals surface area contributed by atoms with Gasteiger partial charge in [-0.15, -0.1) is 0 Å². The van der Waals surface area contributed by atoms with Gasteiger partial charge >= 0.3 is 11.9 Å². The van der Waals surface area contributed by atoms with Gasteiger partial charge in [-0.05, 0) is 24.1 Å². The van der Waals surface area contributed by atoms with Gasteiger partial charge in [0.25, 0.3) is 0 Å². The summed E-state index contributed by atoms with van der Waals surface area (Å²) in [7, 11) is 2.42. The highest BCUT2D eigenvalue weighted by Crippen LogP contribution is 2.16. The lowest BCUT2D eigenvalue weighted by Crippen LogP contribution is -2.28. The van der Waals surface area contributed by atoms with E-state index in [1.165, 1.54) is 26.4 Å². The molecule has 0 aliphatic rings. The average Bonchev–Trinajstić information content (AvgIpc) is 2.34. The Balaban J connectivity index is 2.86. The lowest BCUT2D eigenvalue weighted by molar-refractivity contribution is -0.158. The van der Waals surface area contributed by atoms with Crippen molar-refractivity contribution in [2.45, 2.75) is 6.42 Å². The summed E-state index contributed by atoms with van der Waals surface area (Å²) in [6.07, 6.45) is 0.133.